The number of hydrogen-bond acceptors (Lipinski definition) is 4. The van der Waals surface area contributed by atoms with E-state index in [2.05, 4.69) is 43.5 Å². The summed E-state index contributed by atoms with van der Waals surface area (Å²) in [5.74, 6) is -0.328. The first kappa shape index (κ1) is 47.6. The van der Waals surface area contributed by atoms with Crippen molar-refractivity contribution in [2.45, 2.75) is 231 Å². The molecule has 0 fully saturated rings. The molecule has 0 aromatic carbocycles. The van der Waals surface area contributed by atoms with Crippen molar-refractivity contribution in [2.75, 3.05) is 6.61 Å². The second-order valence-electron chi connectivity index (χ2n) is 14.6. The summed E-state index contributed by atoms with van der Waals surface area (Å²) in [4.78, 5) is 12.4. The summed E-state index contributed by atoms with van der Waals surface area (Å²) < 4.78 is 0. The maximum Gasteiger partial charge on any atom is 0.222 e. The Bertz CT molecular complexity index is 764. The molecule has 0 rings (SSSR count). The Morgan fingerprint density at radius 2 is 0.878 bits per heavy atom. The highest BCUT2D eigenvalue weighted by Crippen LogP contribution is 2.15. The van der Waals surface area contributed by atoms with Crippen LogP contribution < -0.4 is 5.32 Å². The van der Waals surface area contributed by atoms with Gasteiger partial charge >= 0.3 is 0 Å². The van der Waals surface area contributed by atoms with Gasteiger partial charge in [-0.1, -0.05) is 198 Å². The number of aliphatic hydroxyl groups excluding tert-OH is 3. The van der Waals surface area contributed by atoms with E-state index in [1.807, 2.05) is 6.08 Å². The maximum absolute atomic E-state index is 12.4. The highest BCUT2D eigenvalue weighted by atomic mass is 16.3. The average Bonchev–Trinajstić information content (AvgIpc) is 3.09. The summed E-state index contributed by atoms with van der Waals surface area (Å²) >= 11 is 0. The van der Waals surface area contributed by atoms with Crippen molar-refractivity contribution in [3.63, 3.8) is 0 Å². The quantitative estimate of drug-likeness (QED) is 0.0384. The normalized spacial score (nSPS) is 14.0. The number of rotatable bonds is 38. The Labute approximate surface area is 304 Å². The summed E-state index contributed by atoms with van der Waals surface area (Å²) in [6, 6.07) is -0.764. The van der Waals surface area contributed by atoms with Gasteiger partial charge < -0.3 is 20.6 Å². The Hall–Kier alpha value is -1.43. The van der Waals surface area contributed by atoms with E-state index in [0.717, 1.165) is 38.5 Å². The zero-order chi connectivity index (χ0) is 35.9. The number of nitrogens with one attached hydrogen (secondary N) is 1. The minimum absolute atomic E-state index is 0.00488. The van der Waals surface area contributed by atoms with Crippen LogP contribution >= 0.6 is 0 Å². The number of aliphatic hydroxyl groups is 3. The van der Waals surface area contributed by atoms with Crippen molar-refractivity contribution in [1.29, 1.82) is 0 Å². The molecule has 0 heterocycles. The average molecular weight is 690 g/mol. The van der Waals surface area contributed by atoms with Gasteiger partial charge in [-0.2, -0.15) is 0 Å². The summed E-state index contributed by atoms with van der Waals surface area (Å²) in [7, 11) is 0. The molecule has 0 aliphatic carbocycles. The van der Waals surface area contributed by atoms with Gasteiger partial charge in [0.2, 0.25) is 5.91 Å². The third-order valence-electron chi connectivity index (χ3n) is 9.66. The third kappa shape index (κ3) is 36.2. The molecule has 3 atom stereocenters. The first-order valence-electron chi connectivity index (χ1n) is 21.3. The number of hydrogen-bond donors (Lipinski definition) is 4. The number of allylic oxidation sites excluding steroid dienone is 5. The Kier molecular flexibility index (Phi) is 38.2. The molecule has 0 aliphatic heterocycles. The number of carbonyl (C=O) groups is 1. The van der Waals surface area contributed by atoms with E-state index in [0.29, 0.717) is 6.42 Å². The molecule has 3 unspecified atom stereocenters. The Morgan fingerprint density at radius 1 is 0.510 bits per heavy atom. The minimum Gasteiger partial charge on any atom is -0.394 e. The molecule has 0 spiro atoms. The van der Waals surface area contributed by atoms with Crippen LogP contribution in [0.4, 0.5) is 0 Å². The van der Waals surface area contributed by atoms with Crippen molar-refractivity contribution in [1.82, 2.24) is 5.32 Å². The molecular formula is C44H83NO4. The fraction of sp³-hybridized carbons (Fsp3) is 0.841. The van der Waals surface area contributed by atoms with Gasteiger partial charge in [-0.15, -0.1) is 0 Å². The lowest BCUT2D eigenvalue weighted by molar-refractivity contribution is -0.124. The Balaban J connectivity index is 3.72. The first-order chi connectivity index (χ1) is 24.0. The molecule has 0 aromatic rings. The summed E-state index contributed by atoms with van der Waals surface area (Å²) in [5.41, 5.74) is 0. The van der Waals surface area contributed by atoms with Crippen LogP contribution in [0.5, 0.6) is 0 Å². The van der Waals surface area contributed by atoms with Crippen molar-refractivity contribution in [2.24, 2.45) is 0 Å². The fourth-order valence-corrected chi connectivity index (χ4v) is 6.37. The van der Waals surface area contributed by atoms with Gasteiger partial charge in [-0.3, -0.25) is 4.79 Å². The van der Waals surface area contributed by atoms with E-state index in [1.165, 1.54) is 148 Å². The lowest BCUT2D eigenvalue weighted by atomic mass is 10.0. The van der Waals surface area contributed by atoms with Crippen LogP contribution in [-0.2, 0) is 4.79 Å². The molecule has 5 heteroatoms. The summed E-state index contributed by atoms with van der Waals surface area (Å²) in [5, 5.41) is 33.1. The zero-order valence-corrected chi connectivity index (χ0v) is 32.6. The molecule has 49 heavy (non-hydrogen) atoms. The summed E-state index contributed by atoms with van der Waals surface area (Å²) in [6.45, 7) is 4.19. The predicted octanol–water partition coefficient (Wildman–Crippen LogP) is 12.0. The molecule has 0 saturated carbocycles. The molecule has 0 radical (unpaired) electrons. The van der Waals surface area contributed by atoms with Crippen LogP contribution in [0.15, 0.2) is 36.5 Å². The van der Waals surface area contributed by atoms with E-state index >= 15 is 0 Å². The van der Waals surface area contributed by atoms with Gasteiger partial charge in [0.1, 0.15) is 0 Å². The Morgan fingerprint density at radius 3 is 1.31 bits per heavy atom. The van der Waals surface area contributed by atoms with Crippen molar-refractivity contribution in [3.8, 4) is 0 Å². The standard InChI is InChI=1S/C44H83NO4/c1-3-5-7-9-11-13-15-17-19-21-22-23-25-27-29-31-33-35-37-41(47)39-44(49)45-42(40-46)43(48)38-36-34-32-30-28-26-24-20-18-16-14-12-10-8-6-4-2/h18,20,28,30,36,38,41-43,46-48H,3-17,19,21-27,29,31-35,37,39-40H2,1-2H3,(H,45,49)/b20-18+,30-28+,38-36+. The second-order valence-corrected chi connectivity index (χ2v) is 14.6. The van der Waals surface area contributed by atoms with Crippen LogP contribution in [0.3, 0.4) is 0 Å². The summed E-state index contributed by atoms with van der Waals surface area (Å²) in [6.07, 6.45) is 48.5. The highest BCUT2D eigenvalue weighted by Gasteiger charge is 2.20. The molecule has 5 nitrogen and oxygen atoms in total. The topological polar surface area (TPSA) is 89.8 Å². The molecular weight excluding hydrogens is 606 g/mol. The van der Waals surface area contributed by atoms with E-state index in [4.69, 9.17) is 0 Å². The molecule has 1 amide bonds. The second kappa shape index (κ2) is 39.4. The van der Waals surface area contributed by atoms with Gasteiger partial charge in [0, 0.05) is 0 Å². The van der Waals surface area contributed by atoms with Gasteiger partial charge in [0.05, 0.1) is 31.3 Å². The van der Waals surface area contributed by atoms with Crippen LogP contribution in [0.2, 0.25) is 0 Å². The predicted molar refractivity (Wildman–Crippen MR) is 213 cm³/mol. The molecule has 0 aromatic heterocycles. The molecule has 0 aliphatic rings. The SMILES string of the molecule is CCCCCCCC/C=C/CC/C=C/CC/C=C/C(O)C(CO)NC(=O)CC(O)CCCCCCCCCCCCCCCCCCCC. The largest absolute Gasteiger partial charge is 0.394 e. The minimum atomic E-state index is -0.957. The van der Waals surface area contributed by atoms with Crippen LogP contribution in [0.25, 0.3) is 0 Å². The molecule has 0 bridgehead atoms. The first-order valence-corrected chi connectivity index (χ1v) is 21.3. The van der Waals surface area contributed by atoms with E-state index in [9.17, 15) is 20.1 Å². The fourth-order valence-electron chi connectivity index (χ4n) is 6.37. The van der Waals surface area contributed by atoms with Crippen LogP contribution in [0.1, 0.15) is 213 Å². The monoisotopic (exact) mass is 690 g/mol. The van der Waals surface area contributed by atoms with Crippen molar-refractivity contribution in [3.05, 3.63) is 36.5 Å². The van der Waals surface area contributed by atoms with Crippen LogP contribution in [0, 0.1) is 0 Å². The van der Waals surface area contributed by atoms with E-state index in [1.54, 1.807) is 6.08 Å². The third-order valence-corrected chi connectivity index (χ3v) is 9.66. The smallest absolute Gasteiger partial charge is 0.222 e. The van der Waals surface area contributed by atoms with Gasteiger partial charge in [-0.05, 0) is 44.9 Å². The highest BCUT2D eigenvalue weighted by molar-refractivity contribution is 5.76. The lowest BCUT2D eigenvalue weighted by Gasteiger charge is -2.21. The van der Waals surface area contributed by atoms with Crippen LogP contribution in [-0.4, -0.2) is 46.1 Å². The van der Waals surface area contributed by atoms with Crippen molar-refractivity contribution < 1.29 is 20.1 Å². The van der Waals surface area contributed by atoms with Crippen molar-refractivity contribution >= 4 is 5.91 Å². The van der Waals surface area contributed by atoms with Gasteiger partial charge in [0.25, 0.3) is 0 Å². The lowest BCUT2D eigenvalue weighted by Crippen LogP contribution is -2.45. The molecule has 288 valence electrons. The zero-order valence-electron chi connectivity index (χ0n) is 32.6. The number of carbonyl (C=O) groups excluding carboxylic acids is 1. The number of amides is 1. The van der Waals surface area contributed by atoms with E-state index < -0.39 is 18.2 Å². The van der Waals surface area contributed by atoms with Gasteiger partial charge in [-0.25, -0.2) is 0 Å². The maximum atomic E-state index is 12.4. The van der Waals surface area contributed by atoms with Gasteiger partial charge in [0.15, 0.2) is 0 Å². The number of unbranched alkanes of at least 4 members (excludes halogenated alkanes) is 25. The molecule has 4 N–H and O–H groups in total. The molecule has 0 saturated heterocycles. The van der Waals surface area contributed by atoms with E-state index in [-0.39, 0.29) is 18.9 Å².